The third kappa shape index (κ3) is 2.70. The van der Waals surface area contributed by atoms with Crippen LogP contribution >= 0.6 is 0 Å². The lowest BCUT2D eigenvalue weighted by Gasteiger charge is -2.23. The first-order valence-corrected chi connectivity index (χ1v) is 8.59. The summed E-state index contributed by atoms with van der Waals surface area (Å²) in [5, 5.41) is 4.60. The highest BCUT2D eigenvalue weighted by Gasteiger charge is 2.20. The van der Waals surface area contributed by atoms with Gasteiger partial charge in [0, 0.05) is 35.1 Å². The molecular weight excluding hydrogens is 300 g/mol. The van der Waals surface area contributed by atoms with E-state index in [0.29, 0.717) is 11.9 Å². The van der Waals surface area contributed by atoms with Crippen LogP contribution in [0.2, 0.25) is 0 Å². The van der Waals surface area contributed by atoms with E-state index in [1.807, 2.05) is 31.3 Å². The van der Waals surface area contributed by atoms with Gasteiger partial charge < -0.3 is 15.5 Å². The number of furan rings is 1. The van der Waals surface area contributed by atoms with Crippen molar-refractivity contribution in [3.05, 3.63) is 36.3 Å². The van der Waals surface area contributed by atoms with Gasteiger partial charge in [0.2, 0.25) is 5.88 Å². The van der Waals surface area contributed by atoms with E-state index in [0.717, 1.165) is 33.6 Å². The Hall–Kier alpha value is -2.56. The Labute approximate surface area is 141 Å². The summed E-state index contributed by atoms with van der Waals surface area (Å²) in [7, 11) is 0. The Balaban J connectivity index is 1.77. The number of anilines is 2. The van der Waals surface area contributed by atoms with Gasteiger partial charge in [-0.25, -0.2) is 0 Å². The van der Waals surface area contributed by atoms with Crippen LogP contribution in [0, 0.1) is 6.92 Å². The van der Waals surface area contributed by atoms with Gasteiger partial charge in [0.15, 0.2) is 5.58 Å². The zero-order valence-electron chi connectivity index (χ0n) is 13.9. The Morgan fingerprint density at radius 2 is 1.92 bits per heavy atom. The molecule has 0 bridgehead atoms. The second-order valence-corrected chi connectivity index (χ2v) is 6.54. The number of nitrogen functional groups attached to an aromatic ring is 1. The molecule has 0 radical (unpaired) electrons. The number of aryl methyl sites for hydroxylation is 1. The fourth-order valence-corrected chi connectivity index (χ4v) is 3.54. The molecule has 1 saturated carbocycles. The quantitative estimate of drug-likeness (QED) is 0.741. The lowest BCUT2D eigenvalue weighted by molar-refractivity contribution is 0.462. The van der Waals surface area contributed by atoms with Gasteiger partial charge in [-0.2, -0.15) is 0 Å². The fourth-order valence-electron chi connectivity index (χ4n) is 3.54. The molecule has 124 valence electrons. The van der Waals surface area contributed by atoms with Crippen LogP contribution in [0.25, 0.3) is 22.2 Å². The highest BCUT2D eigenvalue weighted by atomic mass is 16.3. The molecule has 1 aliphatic rings. The summed E-state index contributed by atoms with van der Waals surface area (Å²) < 4.78 is 5.90. The van der Waals surface area contributed by atoms with E-state index in [4.69, 9.17) is 10.2 Å². The van der Waals surface area contributed by atoms with Crippen LogP contribution in [-0.4, -0.2) is 16.0 Å². The molecule has 0 spiro atoms. The van der Waals surface area contributed by atoms with Crippen LogP contribution in [0.3, 0.4) is 0 Å². The Bertz CT molecular complexity index is 865. The molecule has 5 nitrogen and oxygen atoms in total. The third-order valence-electron chi connectivity index (χ3n) is 4.76. The maximum atomic E-state index is 6.18. The number of hydrogen-bond acceptors (Lipinski definition) is 5. The molecule has 3 aromatic heterocycles. The van der Waals surface area contributed by atoms with E-state index in [1.165, 1.54) is 32.1 Å². The van der Waals surface area contributed by atoms with Gasteiger partial charge >= 0.3 is 0 Å². The van der Waals surface area contributed by atoms with Crippen LogP contribution in [-0.2, 0) is 0 Å². The van der Waals surface area contributed by atoms with Crippen molar-refractivity contribution in [2.45, 2.75) is 45.1 Å². The SMILES string of the molecule is Cc1cc(-c2nccc3c(NC4CCCCC4)c(N)oc23)ccn1. The number of pyridine rings is 2. The minimum Gasteiger partial charge on any atom is -0.436 e. The topological polar surface area (TPSA) is 77.0 Å². The number of aromatic nitrogens is 2. The smallest absolute Gasteiger partial charge is 0.215 e. The molecule has 1 aliphatic carbocycles. The number of nitrogens with zero attached hydrogens (tertiary/aromatic N) is 2. The molecule has 5 heteroatoms. The zero-order chi connectivity index (χ0) is 16.5. The van der Waals surface area contributed by atoms with E-state index in [-0.39, 0.29) is 0 Å². The minimum absolute atomic E-state index is 0.440. The fraction of sp³-hybridized carbons (Fsp3) is 0.368. The summed E-state index contributed by atoms with van der Waals surface area (Å²) in [6.45, 7) is 1.97. The second-order valence-electron chi connectivity index (χ2n) is 6.54. The predicted molar refractivity (Wildman–Crippen MR) is 96.9 cm³/mol. The van der Waals surface area contributed by atoms with Crippen molar-refractivity contribution in [2.75, 3.05) is 11.1 Å². The maximum Gasteiger partial charge on any atom is 0.215 e. The molecule has 0 amide bonds. The van der Waals surface area contributed by atoms with Crippen LogP contribution in [0.4, 0.5) is 11.6 Å². The summed E-state index contributed by atoms with van der Waals surface area (Å²) in [6, 6.07) is 6.40. The molecule has 4 rings (SSSR count). The Kier molecular flexibility index (Phi) is 3.84. The Morgan fingerprint density at radius 1 is 1.12 bits per heavy atom. The number of nitrogens with one attached hydrogen (secondary N) is 1. The van der Waals surface area contributed by atoms with E-state index >= 15 is 0 Å². The summed E-state index contributed by atoms with van der Waals surface area (Å²) in [5.74, 6) is 0.440. The van der Waals surface area contributed by atoms with Crippen molar-refractivity contribution in [3.8, 4) is 11.3 Å². The van der Waals surface area contributed by atoms with Crippen LogP contribution < -0.4 is 11.1 Å². The largest absolute Gasteiger partial charge is 0.436 e. The molecule has 3 N–H and O–H groups in total. The predicted octanol–water partition coefficient (Wildman–Crippen LogP) is 4.53. The van der Waals surface area contributed by atoms with Crippen molar-refractivity contribution in [3.63, 3.8) is 0 Å². The van der Waals surface area contributed by atoms with Crippen LogP contribution in [0.5, 0.6) is 0 Å². The van der Waals surface area contributed by atoms with Gasteiger partial charge in [-0.15, -0.1) is 0 Å². The maximum absolute atomic E-state index is 6.18. The molecule has 3 aromatic rings. The van der Waals surface area contributed by atoms with Gasteiger partial charge in [0.05, 0.1) is 0 Å². The number of nitrogens with two attached hydrogens (primary N) is 1. The minimum atomic E-state index is 0.440. The first kappa shape index (κ1) is 15.0. The van der Waals surface area contributed by atoms with E-state index in [1.54, 1.807) is 6.20 Å². The molecule has 3 heterocycles. The average molecular weight is 322 g/mol. The normalized spacial score (nSPS) is 15.7. The number of fused-ring (bicyclic) bond motifs is 1. The van der Waals surface area contributed by atoms with Gasteiger partial charge in [0.1, 0.15) is 11.4 Å². The molecule has 1 fully saturated rings. The molecule has 0 saturated heterocycles. The second kappa shape index (κ2) is 6.15. The standard InChI is InChI=1S/C19H22N4O/c1-12-11-13(7-9-21-12)16-18-15(8-10-22-16)17(19(20)24-18)23-14-5-3-2-4-6-14/h7-11,14,23H,2-6,20H2,1H3. The summed E-state index contributed by atoms with van der Waals surface area (Å²) in [5.41, 5.74) is 10.6. The van der Waals surface area contributed by atoms with Gasteiger partial charge in [0.25, 0.3) is 0 Å². The van der Waals surface area contributed by atoms with Crippen LogP contribution in [0.1, 0.15) is 37.8 Å². The highest BCUT2D eigenvalue weighted by molar-refractivity contribution is 6.02. The van der Waals surface area contributed by atoms with Crippen molar-refractivity contribution in [2.24, 2.45) is 0 Å². The number of hydrogen-bond donors (Lipinski definition) is 2. The highest BCUT2D eigenvalue weighted by Crippen LogP contribution is 2.38. The molecule has 0 aromatic carbocycles. The van der Waals surface area contributed by atoms with Gasteiger partial charge in [-0.05, 0) is 38.0 Å². The molecular formula is C19H22N4O. The van der Waals surface area contributed by atoms with E-state index in [9.17, 15) is 0 Å². The average Bonchev–Trinajstić information content (AvgIpc) is 2.91. The zero-order valence-corrected chi connectivity index (χ0v) is 13.9. The summed E-state index contributed by atoms with van der Waals surface area (Å²) >= 11 is 0. The van der Waals surface area contributed by atoms with E-state index < -0.39 is 0 Å². The van der Waals surface area contributed by atoms with Crippen molar-refractivity contribution < 1.29 is 4.42 Å². The third-order valence-corrected chi connectivity index (χ3v) is 4.76. The molecule has 24 heavy (non-hydrogen) atoms. The summed E-state index contributed by atoms with van der Waals surface area (Å²) in [4.78, 5) is 8.76. The first-order valence-electron chi connectivity index (χ1n) is 8.59. The monoisotopic (exact) mass is 322 g/mol. The van der Waals surface area contributed by atoms with Crippen molar-refractivity contribution in [1.82, 2.24) is 9.97 Å². The molecule has 0 atom stereocenters. The lowest BCUT2D eigenvalue weighted by Crippen LogP contribution is -2.22. The van der Waals surface area contributed by atoms with Crippen molar-refractivity contribution >= 4 is 22.5 Å². The van der Waals surface area contributed by atoms with Gasteiger partial charge in [-0.1, -0.05) is 19.3 Å². The van der Waals surface area contributed by atoms with Crippen LogP contribution in [0.15, 0.2) is 35.0 Å². The van der Waals surface area contributed by atoms with Crippen molar-refractivity contribution in [1.29, 1.82) is 0 Å². The molecule has 0 unspecified atom stereocenters. The lowest BCUT2D eigenvalue weighted by atomic mass is 9.95. The number of rotatable bonds is 3. The Morgan fingerprint density at radius 3 is 2.71 bits per heavy atom. The molecule has 0 aliphatic heterocycles. The van der Waals surface area contributed by atoms with Gasteiger partial charge in [-0.3, -0.25) is 9.97 Å². The summed E-state index contributed by atoms with van der Waals surface area (Å²) in [6.07, 6.45) is 9.86. The first-order chi connectivity index (χ1) is 11.7. The van der Waals surface area contributed by atoms with E-state index in [2.05, 4.69) is 15.3 Å².